The Kier molecular flexibility index (Phi) is 4.83. The number of aryl methyl sites for hydroxylation is 1. The predicted molar refractivity (Wildman–Crippen MR) is 69.3 cm³/mol. The lowest BCUT2D eigenvalue weighted by Gasteiger charge is -2.07. The zero-order valence-corrected chi connectivity index (χ0v) is 10.3. The summed E-state index contributed by atoms with van der Waals surface area (Å²) in [6.45, 7) is 7.85. The topological polar surface area (TPSA) is 50.4 Å². The molecule has 3 heteroatoms. The molecular formula is C13H21N3. The molecule has 3 nitrogen and oxygen atoms in total. The summed E-state index contributed by atoms with van der Waals surface area (Å²) in [5.41, 5.74) is 8.18. The largest absolute Gasteiger partial charge is 0.370 e. The van der Waals surface area contributed by atoms with Crippen LogP contribution >= 0.6 is 0 Å². The van der Waals surface area contributed by atoms with E-state index < -0.39 is 0 Å². The molecule has 0 aliphatic carbocycles. The van der Waals surface area contributed by atoms with E-state index in [1.807, 2.05) is 0 Å². The van der Waals surface area contributed by atoms with Crippen molar-refractivity contribution in [3.05, 3.63) is 35.4 Å². The number of hydrogen-bond acceptors (Lipinski definition) is 1. The van der Waals surface area contributed by atoms with Crippen LogP contribution in [0.4, 0.5) is 0 Å². The van der Waals surface area contributed by atoms with E-state index in [4.69, 9.17) is 5.73 Å². The van der Waals surface area contributed by atoms with E-state index in [1.165, 1.54) is 11.1 Å². The molecular weight excluding hydrogens is 198 g/mol. The Morgan fingerprint density at radius 3 is 2.50 bits per heavy atom. The minimum absolute atomic E-state index is 0.522. The summed E-state index contributed by atoms with van der Waals surface area (Å²) >= 11 is 0. The lowest BCUT2D eigenvalue weighted by atomic mass is 10.1. The number of rotatable bonds is 4. The van der Waals surface area contributed by atoms with E-state index >= 15 is 0 Å². The summed E-state index contributed by atoms with van der Waals surface area (Å²) in [5.74, 6) is 1.10. The SMILES string of the molecule is Cc1ccc(CN=C(N)NCC(C)C)cc1. The van der Waals surface area contributed by atoms with E-state index in [-0.39, 0.29) is 0 Å². The molecule has 0 aliphatic rings. The highest BCUT2D eigenvalue weighted by Crippen LogP contribution is 2.03. The van der Waals surface area contributed by atoms with Crippen molar-refractivity contribution in [1.29, 1.82) is 0 Å². The smallest absolute Gasteiger partial charge is 0.188 e. The number of nitrogens with one attached hydrogen (secondary N) is 1. The maximum atomic E-state index is 5.74. The Morgan fingerprint density at radius 1 is 1.31 bits per heavy atom. The number of guanidine groups is 1. The highest BCUT2D eigenvalue weighted by atomic mass is 15.1. The van der Waals surface area contributed by atoms with Crippen molar-refractivity contribution in [3.63, 3.8) is 0 Å². The molecule has 88 valence electrons. The third kappa shape index (κ3) is 4.82. The van der Waals surface area contributed by atoms with E-state index in [0.29, 0.717) is 18.4 Å². The molecule has 0 unspecified atom stereocenters. The number of hydrogen-bond donors (Lipinski definition) is 2. The van der Waals surface area contributed by atoms with E-state index in [0.717, 1.165) is 6.54 Å². The first-order valence-corrected chi connectivity index (χ1v) is 5.67. The minimum Gasteiger partial charge on any atom is -0.370 e. The predicted octanol–water partition coefficient (Wildman–Crippen LogP) is 2.06. The highest BCUT2D eigenvalue weighted by Gasteiger charge is 1.95. The lowest BCUT2D eigenvalue weighted by molar-refractivity contribution is 0.622. The van der Waals surface area contributed by atoms with E-state index in [2.05, 4.69) is 55.3 Å². The Labute approximate surface area is 97.8 Å². The van der Waals surface area contributed by atoms with Gasteiger partial charge in [-0.3, -0.25) is 0 Å². The molecule has 0 aromatic heterocycles. The van der Waals surface area contributed by atoms with Gasteiger partial charge in [-0.1, -0.05) is 43.7 Å². The second kappa shape index (κ2) is 6.16. The van der Waals surface area contributed by atoms with Gasteiger partial charge in [0.1, 0.15) is 0 Å². The van der Waals surface area contributed by atoms with Gasteiger partial charge in [0.05, 0.1) is 6.54 Å². The molecule has 0 saturated heterocycles. The molecule has 0 atom stereocenters. The van der Waals surface area contributed by atoms with Gasteiger partial charge in [0.2, 0.25) is 0 Å². The van der Waals surface area contributed by atoms with Crippen molar-refractivity contribution in [2.75, 3.05) is 6.54 Å². The summed E-state index contributed by atoms with van der Waals surface area (Å²) < 4.78 is 0. The van der Waals surface area contributed by atoms with Gasteiger partial charge >= 0.3 is 0 Å². The van der Waals surface area contributed by atoms with Crippen molar-refractivity contribution in [1.82, 2.24) is 5.32 Å². The monoisotopic (exact) mass is 219 g/mol. The Bertz CT molecular complexity index is 339. The maximum Gasteiger partial charge on any atom is 0.188 e. The zero-order chi connectivity index (χ0) is 12.0. The van der Waals surface area contributed by atoms with Gasteiger partial charge in [-0.25, -0.2) is 4.99 Å². The number of nitrogens with two attached hydrogens (primary N) is 1. The molecule has 0 fully saturated rings. The summed E-state index contributed by atoms with van der Waals surface area (Å²) in [5, 5.41) is 3.09. The van der Waals surface area contributed by atoms with Crippen LogP contribution in [0.3, 0.4) is 0 Å². The van der Waals surface area contributed by atoms with Gasteiger partial charge in [0.15, 0.2) is 5.96 Å². The van der Waals surface area contributed by atoms with Crippen LogP contribution in [0.25, 0.3) is 0 Å². The number of nitrogens with zero attached hydrogens (tertiary/aromatic N) is 1. The zero-order valence-electron chi connectivity index (χ0n) is 10.3. The standard InChI is InChI=1S/C13H21N3/c1-10(2)8-15-13(14)16-9-12-6-4-11(3)5-7-12/h4-7,10H,8-9H2,1-3H3,(H3,14,15,16). The number of benzene rings is 1. The molecule has 0 saturated carbocycles. The van der Waals surface area contributed by atoms with Crippen LogP contribution in [0.1, 0.15) is 25.0 Å². The van der Waals surface area contributed by atoms with Crippen LogP contribution in [0.15, 0.2) is 29.3 Å². The van der Waals surface area contributed by atoms with Crippen molar-refractivity contribution in [2.45, 2.75) is 27.3 Å². The van der Waals surface area contributed by atoms with Crippen LogP contribution < -0.4 is 11.1 Å². The van der Waals surface area contributed by atoms with Crippen LogP contribution in [-0.4, -0.2) is 12.5 Å². The van der Waals surface area contributed by atoms with E-state index in [9.17, 15) is 0 Å². The molecule has 1 aromatic rings. The summed E-state index contributed by atoms with van der Waals surface area (Å²) in [6, 6.07) is 8.33. The van der Waals surface area contributed by atoms with Gasteiger partial charge < -0.3 is 11.1 Å². The third-order valence-electron chi connectivity index (χ3n) is 2.24. The van der Waals surface area contributed by atoms with Gasteiger partial charge in [0, 0.05) is 6.54 Å². The normalized spacial score (nSPS) is 11.9. The summed E-state index contributed by atoms with van der Waals surface area (Å²) in [7, 11) is 0. The average molecular weight is 219 g/mol. The highest BCUT2D eigenvalue weighted by molar-refractivity contribution is 5.77. The first kappa shape index (κ1) is 12.6. The minimum atomic E-state index is 0.522. The van der Waals surface area contributed by atoms with Crippen molar-refractivity contribution in [2.24, 2.45) is 16.6 Å². The molecule has 3 N–H and O–H groups in total. The summed E-state index contributed by atoms with van der Waals surface area (Å²) in [6.07, 6.45) is 0. The Morgan fingerprint density at radius 2 is 1.94 bits per heavy atom. The molecule has 0 heterocycles. The first-order chi connectivity index (χ1) is 7.58. The van der Waals surface area contributed by atoms with Crippen LogP contribution in [0.2, 0.25) is 0 Å². The Hall–Kier alpha value is -1.51. The van der Waals surface area contributed by atoms with Crippen molar-refractivity contribution in [3.8, 4) is 0 Å². The maximum absolute atomic E-state index is 5.74. The van der Waals surface area contributed by atoms with Crippen molar-refractivity contribution >= 4 is 5.96 Å². The molecule has 0 bridgehead atoms. The van der Waals surface area contributed by atoms with Gasteiger partial charge in [-0.2, -0.15) is 0 Å². The fraction of sp³-hybridized carbons (Fsp3) is 0.462. The van der Waals surface area contributed by atoms with E-state index in [1.54, 1.807) is 0 Å². The van der Waals surface area contributed by atoms with Gasteiger partial charge in [-0.15, -0.1) is 0 Å². The molecule has 0 aliphatic heterocycles. The Balaban J connectivity index is 2.43. The molecule has 16 heavy (non-hydrogen) atoms. The number of aliphatic imine (C=N–C) groups is 1. The van der Waals surface area contributed by atoms with Crippen LogP contribution in [-0.2, 0) is 6.54 Å². The molecule has 0 amide bonds. The molecule has 1 aromatic carbocycles. The second-order valence-electron chi connectivity index (χ2n) is 4.46. The van der Waals surface area contributed by atoms with Gasteiger partial charge in [-0.05, 0) is 18.4 Å². The molecule has 0 radical (unpaired) electrons. The molecule has 1 rings (SSSR count). The summed E-state index contributed by atoms with van der Waals surface area (Å²) in [4.78, 5) is 4.28. The van der Waals surface area contributed by atoms with Gasteiger partial charge in [0.25, 0.3) is 0 Å². The fourth-order valence-corrected chi connectivity index (χ4v) is 1.23. The van der Waals surface area contributed by atoms with Crippen LogP contribution in [0, 0.1) is 12.8 Å². The van der Waals surface area contributed by atoms with Crippen molar-refractivity contribution < 1.29 is 0 Å². The average Bonchev–Trinajstić information content (AvgIpc) is 2.25. The second-order valence-corrected chi connectivity index (χ2v) is 4.46. The fourth-order valence-electron chi connectivity index (χ4n) is 1.23. The van der Waals surface area contributed by atoms with Crippen LogP contribution in [0.5, 0.6) is 0 Å². The molecule has 0 spiro atoms. The first-order valence-electron chi connectivity index (χ1n) is 5.67. The lowest BCUT2D eigenvalue weighted by Crippen LogP contribution is -2.34. The quantitative estimate of drug-likeness (QED) is 0.601. The third-order valence-corrected chi connectivity index (χ3v) is 2.24.